The third kappa shape index (κ3) is 3.08. The molecule has 0 saturated carbocycles. The van der Waals surface area contributed by atoms with Gasteiger partial charge in [0.15, 0.2) is 5.65 Å². The van der Waals surface area contributed by atoms with E-state index in [1.54, 1.807) is 12.1 Å². The molecule has 4 rings (SSSR count). The maximum atomic E-state index is 13.1. The quantitative estimate of drug-likeness (QED) is 0.606. The maximum absolute atomic E-state index is 13.1. The molecule has 0 atom stereocenters. The summed E-state index contributed by atoms with van der Waals surface area (Å²) in [4.78, 5) is 29.2. The van der Waals surface area contributed by atoms with Gasteiger partial charge in [0.25, 0.3) is 11.5 Å². The first kappa shape index (κ1) is 16.6. The van der Waals surface area contributed by atoms with E-state index < -0.39 is 11.5 Å². The van der Waals surface area contributed by atoms with Gasteiger partial charge in [-0.15, -0.1) is 0 Å². The molecule has 1 N–H and O–H groups in total. The van der Waals surface area contributed by atoms with Crippen LogP contribution in [0.4, 0.5) is 4.39 Å². The molecule has 0 saturated heterocycles. The van der Waals surface area contributed by atoms with Crippen LogP contribution >= 0.6 is 0 Å². The SMILES string of the molecule is Cc1ccc(C(=O)Nn2cnc3c(cnn3-c3ccc(F)cc3)c2=O)cc1. The van der Waals surface area contributed by atoms with Crippen LogP contribution in [0.15, 0.2) is 65.8 Å². The monoisotopic (exact) mass is 363 g/mol. The summed E-state index contributed by atoms with van der Waals surface area (Å²) in [5.41, 5.74) is 4.38. The van der Waals surface area contributed by atoms with Crippen molar-refractivity contribution >= 4 is 16.9 Å². The highest BCUT2D eigenvalue weighted by Crippen LogP contribution is 2.14. The van der Waals surface area contributed by atoms with E-state index in [2.05, 4.69) is 15.5 Å². The molecule has 8 heteroatoms. The number of fused-ring (bicyclic) bond motifs is 1. The van der Waals surface area contributed by atoms with Gasteiger partial charge in [-0.2, -0.15) is 5.10 Å². The number of hydrogen-bond donors (Lipinski definition) is 1. The summed E-state index contributed by atoms with van der Waals surface area (Å²) >= 11 is 0. The lowest BCUT2D eigenvalue weighted by molar-refractivity contribution is 0.101. The van der Waals surface area contributed by atoms with Gasteiger partial charge in [-0.05, 0) is 43.3 Å². The molecule has 0 aliphatic heterocycles. The van der Waals surface area contributed by atoms with Gasteiger partial charge in [0.2, 0.25) is 0 Å². The Labute approximate surface area is 152 Å². The number of benzene rings is 2. The van der Waals surface area contributed by atoms with Crippen molar-refractivity contribution in [2.45, 2.75) is 6.92 Å². The Hall–Kier alpha value is -3.81. The Balaban J connectivity index is 1.69. The fourth-order valence-electron chi connectivity index (χ4n) is 2.64. The van der Waals surface area contributed by atoms with Crippen LogP contribution in [0.25, 0.3) is 16.7 Å². The minimum Gasteiger partial charge on any atom is -0.267 e. The van der Waals surface area contributed by atoms with Crippen LogP contribution in [0.1, 0.15) is 15.9 Å². The number of aromatic nitrogens is 4. The highest BCUT2D eigenvalue weighted by atomic mass is 19.1. The molecular formula is C19H14FN5O2. The summed E-state index contributed by atoms with van der Waals surface area (Å²) in [6.07, 6.45) is 2.58. The molecule has 2 aromatic carbocycles. The van der Waals surface area contributed by atoms with E-state index in [0.717, 1.165) is 10.2 Å². The number of nitrogens with one attached hydrogen (secondary N) is 1. The minimum absolute atomic E-state index is 0.228. The van der Waals surface area contributed by atoms with Gasteiger partial charge in [-0.25, -0.2) is 18.7 Å². The fourth-order valence-corrected chi connectivity index (χ4v) is 2.64. The number of aryl methyl sites for hydroxylation is 1. The second-order valence-corrected chi connectivity index (χ2v) is 6.00. The number of amides is 1. The summed E-state index contributed by atoms with van der Waals surface area (Å²) < 4.78 is 15.6. The summed E-state index contributed by atoms with van der Waals surface area (Å²) in [6, 6.07) is 12.6. The zero-order valence-corrected chi connectivity index (χ0v) is 14.3. The first-order chi connectivity index (χ1) is 13.0. The second-order valence-electron chi connectivity index (χ2n) is 6.00. The summed E-state index contributed by atoms with van der Waals surface area (Å²) in [7, 11) is 0. The van der Waals surface area contributed by atoms with Crippen LogP contribution in [0, 0.1) is 12.7 Å². The zero-order chi connectivity index (χ0) is 19.0. The smallest absolute Gasteiger partial charge is 0.267 e. The average Bonchev–Trinajstić information content (AvgIpc) is 3.10. The first-order valence-electron chi connectivity index (χ1n) is 8.12. The van der Waals surface area contributed by atoms with Crippen LogP contribution in [0.2, 0.25) is 0 Å². The Morgan fingerprint density at radius 2 is 1.78 bits per heavy atom. The summed E-state index contributed by atoms with van der Waals surface area (Å²) in [5.74, 6) is -0.798. The Morgan fingerprint density at radius 3 is 2.48 bits per heavy atom. The largest absolute Gasteiger partial charge is 0.283 e. The summed E-state index contributed by atoms with van der Waals surface area (Å²) in [5, 5.41) is 4.38. The highest BCUT2D eigenvalue weighted by Gasteiger charge is 2.13. The third-order valence-corrected chi connectivity index (χ3v) is 4.10. The molecule has 2 heterocycles. The van der Waals surface area contributed by atoms with Crippen molar-refractivity contribution in [1.82, 2.24) is 19.4 Å². The molecule has 0 spiro atoms. The first-order valence-corrected chi connectivity index (χ1v) is 8.12. The molecule has 2 aromatic heterocycles. The van der Waals surface area contributed by atoms with Crippen molar-refractivity contribution in [2.24, 2.45) is 0 Å². The van der Waals surface area contributed by atoms with Crippen molar-refractivity contribution in [3.8, 4) is 5.69 Å². The molecular weight excluding hydrogens is 349 g/mol. The number of carbonyl (C=O) groups excluding carboxylic acids is 1. The Morgan fingerprint density at radius 1 is 1.07 bits per heavy atom. The summed E-state index contributed by atoms with van der Waals surface area (Å²) in [6.45, 7) is 1.92. The Bertz CT molecular complexity index is 1190. The van der Waals surface area contributed by atoms with Crippen LogP contribution in [0.5, 0.6) is 0 Å². The van der Waals surface area contributed by atoms with E-state index in [4.69, 9.17) is 0 Å². The zero-order valence-electron chi connectivity index (χ0n) is 14.3. The molecule has 0 radical (unpaired) electrons. The van der Waals surface area contributed by atoms with Crippen molar-refractivity contribution in [2.75, 3.05) is 5.43 Å². The lowest BCUT2D eigenvalue weighted by atomic mass is 10.1. The maximum Gasteiger partial charge on any atom is 0.283 e. The molecule has 134 valence electrons. The molecule has 0 bridgehead atoms. The van der Waals surface area contributed by atoms with Gasteiger partial charge in [-0.1, -0.05) is 17.7 Å². The topological polar surface area (TPSA) is 81.8 Å². The van der Waals surface area contributed by atoms with E-state index in [1.165, 1.54) is 41.5 Å². The van der Waals surface area contributed by atoms with E-state index in [1.807, 2.05) is 19.1 Å². The normalized spacial score (nSPS) is 10.9. The second kappa shape index (κ2) is 6.49. The van der Waals surface area contributed by atoms with E-state index in [9.17, 15) is 14.0 Å². The van der Waals surface area contributed by atoms with Gasteiger partial charge in [0, 0.05) is 5.56 Å². The molecule has 27 heavy (non-hydrogen) atoms. The molecule has 1 amide bonds. The fraction of sp³-hybridized carbons (Fsp3) is 0.0526. The van der Waals surface area contributed by atoms with Gasteiger partial charge < -0.3 is 0 Å². The van der Waals surface area contributed by atoms with Gasteiger partial charge >= 0.3 is 0 Å². The van der Waals surface area contributed by atoms with Crippen LogP contribution in [0.3, 0.4) is 0 Å². The van der Waals surface area contributed by atoms with E-state index in [0.29, 0.717) is 16.9 Å². The molecule has 0 aliphatic rings. The van der Waals surface area contributed by atoms with E-state index in [-0.39, 0.29) is 11.2 Å². The standard InChI is InChI=1S/C19H14FN5O2/c1-12-2-4-13(5-3-12)18(26)23-24-11-21-17-16(19(24)27)10-22-25(17)15-8-6-14(20)7-9-15/h2-11H,1H3,(H,23,26). The lowest BCUT2D eigenvalue weighted by Crippen LogP contribution is -2.33. The van der Waals surface area contributed by atoms with Gasteiger partial charge in [0.05, 0.1) is 11.9 Å². The van der Waals surface area contributed by atoms with Gasteiger partial charge in [-0.3, -0.25) is 15.0 Å². The predicted octanol–water partition coefficient (Wildman–Crippen LogP) is 2.41. The predicted molar refractivity (Wildman–Crippen MR) is 98.0 cm³/mol. The Kier molecular flexibility index (Phi) is 4.00. The van der Waals surface area contributed by atoms with Crippen molar-refractivity contribution in [3.63, 3.8) is 0 Å². The molecule has 0 fully saturated rings. The number of rotatable bonds is 3. The van der Waals surface area contributed by atoms with Crippen molar-refractivity contribution in [1.29, 1.82) is 0 Å². The molecule has 7 nitrogen and oxygen atoms in total. The lowest BCUT2D eigenvalue weighted by Gasteiger charge is -2.08. The van der Waals surface area contributed by atoms with E-state index >= 15 is 0 Å². The van der Waals surface area contributed by atoms with Crippen LogP contribution in [-0.2, 0) is 0 Å². The van der Waals surface area contributed by atoms with Crippen molar-refractivity contribution < 1.29 is 9.18 Å². The number of nitrogens with zero attached hydrogens (tertiary/aromatic N) is 4. The number of halogens is 1. The third-order valence-electron chi connectivity index (χ3n) is 4.10. The molecule has 0 aliphatic carbocycles. The van der Waals surface area contributed by atoms with Crippen LogP contribution in [-0.4, -0.2) is 25.3 Å². The molecule has 0 unspecified atom stereocenters. The van der Waals surface area contributed by atoms with Gasteiger partial charge in [0.1, 0.15) is 17.5 Å². The number of hydrogen-bond acceptors (Lipinski definition) is 4. The minimum atomic E-state index is -0.464. The average molecular weight is 363 g/mol. The van der Waals surface area contributed by atoms with Crippen molar-refractivity contribution in [3.05, 3.63) is 88.4 Å². The molecule has 4 aromatic rings. The number of carbonyl (C=O) groups is 1. The van der Waals surface area contributed by atoms with Crippen LogP contribution < -0.4 is 11.0 Å². The highest BCUT2D eigenvalue weighted by molar-refractivity contribution is 6.00.